The Morgan fingerprint density at radius 2 is 2.50 bits per heavy atom. The van der Waals surface area contributed by atoms with Gasteiger partial charge in [-0.2, -0.15) is 0 Å². The Bertz CT molecular complexity index is 216. The van der Waals surface area contributed by atoms with Crippen molar-refractivity contribution in [3.8, 4) is 0 Å². The van der Waals surface area contributed by atoms with E-state index in [0.717, 1.165) is 0 Å². The average Bonchev–Trinajstić information content (AvgIpc) is 2.32. The fraction of sp³-hybridized carbons (Fsp3) is 0.667. The van der Waals surface area contributed by atoms with Crippen molar-refractivity contribution in [2.75, 3.05) is 26.9 Å². The summed E-state index contributed by atoms with van der Waals surface area (Å²) in [4.78, 5) is 13.2. The van der Waals surface area contributed by atoms with Crippen LogP contribution in [0.2, 0.25) is 0 Å². The Hall–Kier alpha value is -1.30. The van der Waals surface area contributed by atoms with Gasteiger partial charge in [-0.15, -0.1) is 0 Å². The molecule has 1 N–H and O–H groups in total. The van der Waals surface area contributed by atoms with Crippen LogP contribution in [-0.2, 0) is 0 Å². The second kappa shape index (κ2) is 3.40. The summed E-state index contributed by atoms with van der Waals surface area (Å²) in [6, 6.07) is 0. The minimum absolute atomic E-state index is 0.0477. The molecule has 0 saturated heterocycles. The van der Waals surface area contributed by atoms with E-state index in [-0.39, 0.29) is 12.4 Å². The van der Waals surface area contributed by atoms with E-state index < -0.39 is 4.92 Å². The molecule has 0 aliphatic carbocycles. The molecule has 0 bridgehead atoms. The molecule has 1 rings (SSSR count). The van der Waals surface area contributed by atoms with E-state index in [1.807, 2.05) is 0 Å². The number of nitro groups is 1. The molecule has 1 aliphatic heterocycles. The predicted octanol–water partition coefficient (Wildman–Crippen LogP) is -0.741. The van der Waals surface area contributed by atoms with Crippen LogP contribution < -0.4 is 0 Å². The van der Waals surface area contributed by atoms with Crippen molar-refractivity contribution in [2.45, 2.75) is 0 Å². The molecule has 0 amide bonds. The van der Waals surface area contributed by atoms with Crippen LogP contribution in [0.1, 0.15) is 0 Å². The van der Waals surface area contributed by atoms with Crippen molar-refractivity contribution in [1.82, 2.24) is 9.80 Å². The Balaban J connectivity index is 2.66. The summed E-state index contributed by atoms with van der Waals surface area (Å²) >= 11 is 0. The number of aliphatic hydroxyl groups is 1. The number of hydrogen-bond donors (Lipinski definition) is 1. The molecule has 0 aromatic rings. The molecular weight excluding hydrogens is 162 g/mol. The predicted molar refractivity (Wildman–Crippen MR) is 41.5 cm³/mol. The van der Waals surface area contributed by atoms with Gasteiger partial charge in [0.05, 0.1) is 12.8 Å². The summed E-state index contributed by atoms with van der Waals surface area (Å²) in [7, 11) is 1.75. The van der Waals surface area contributed by atoms with Crippen molar-refractivity contribution in [2.24, 2.45) is 0 Å². The van der Waals surface area contributed by atoms with Gasteiger partial charge in [0.25, 0.3) is 0 Å². The monoisotopic (exact) mass is 173 g/mol. The van der Waals surface area contributed by atoms with Gasteiger partial charge in [0, 0.05) is 7.05 Å². The van der Waals surface area contributed by atoms with Crippen LogP contribution in [0.15, 0.2) is 12.0 Å². The summed E-state index contributed by atoms with van der Waals surface area (Å²) in [6.45, 7) is 0.701. The molecule has 0 fully saturated rings. The maximum Gasteiger partial charge on any atom is 0.335 e. The first-order chi connectivity index (χ1) is 5.65. The molecule has 1 heterocycles. The minimum Gasteiger partial charge on any atom is -0.392 e. The van der Waals surface area contributed by atoms with Gasteiger partial charge in [-0.05, 0) is 4.92 Å². The molecule has 0 radical (unpaired) electrons. The van der Waals surface area contributed by atoms with E-state index in [1.165, 1.54) is 11.1 Å². The number of aliphatic hydroxyl groups excluding tert-OH is 1. The molecule has 0 aromatic carbocycles. The molecule has 12 heavy (non-hydrogen) atoms. The lowest BCUT2D eigenvalue weighted by atomic mass is 10.6. The Morgan fingerprint density at radius 3 is 3.00 bits per heavy atom. The van der Waals surface area contributed by atoms with E-state index in [2.05, 4.69) is 0 Å². The molecule has 6 nitrogen and oxygen atoms in total. The number of nitrogens with zero attached hydrogens (tertiary/aromatic N) is 3. The van der Waals surface area contributed by atoms with Gasteiger partial charge in [-0.1, -0.05) is 0 Å². The lowest BCUT2D eigenvalue weighted by molar-refractivity contribution is -0.444. The standard InChI is InChI=1S/C6H11N3O3/c1-7-4-6(9(11)12)8(5-7)2-3-10/h4,10H,2-3,5H2,1H3. The SMILES string of the molecule is CN1C=C([N+](=O)[O-])N(CCO)C1. The van der Waals surface area contributed by atoms with E-state index in [9.17, 15) is 10.1 Å². The lowest BCUT2D eigenvalue weighted by Crippen LogP contribution is -2.30. The third-order valence-electron chi connectivity index (χ3n) is 1.61. The Labute approximate surface area is 69.8 Å². The van der Waals surface area contributed by atoms with Gasteiger partial charge in [0.15, 0.2) is 6.67 Å². The summed E-state index contributed by atoms with van der Waals surface area (Å²) in [5, 5.41) is 19.0. The topological polar surface area (TPSA) is 69.8 Å². The van der Waals surface area contributed by atoms with Crippen LogP contribution in [0.5, 0.6) is 0 Å². The van der Waals surface area contributed by atoms with Crippen LogP contribution in [0.25, 0.3) is 0 Å². The highest BCUT2D eigenvalue weighted by molar-refractivity contribution is 4.96. The van der Waals surface area contributed by atoms with Gasteiger partial charge >= 0.3 is 5.82 Å². The third kappa shape index (κ3) is 1.65. The first-order valence-corrected chi connectivity index (χ1v) is 3.57. The first kappa shape index (κ1) is 8.79. The van der Waals surface area contributed by atoms with Crippen molar-refractivity contribution in [3.05, 3.63) is 22.1 Å². The van der Waals surface area contributed by atoms with E-state index in [0.29, 0.717) is 13.2 Å². The fourth-order valence-electron chi connectivity index (χ4n) is 1.13. The molecule has 0 aromatic heterocycles. The number of hydrogen-bond acceptors (Lipinski definition) is 5. The quantitative estimate of drug-likeness (QED) is 0.449. The molecule has 0 saturated carbocycles. The van der Waals surface area contributed by atoms with Gasteiger partial charge < -0.3 is 20.1 Å². The van der Waals surface area contributed by atoms with E-state index in [4.69, 9.17) is 5.11 Å². The highest BCUT2D eigenvalue weighted by Crippen LogP contribution is 2.13. The molecule has 68 valence electrons. The summed E-state index contributed by atoms with van der Waals surface area (Å²) in [6.07, 6.45) is 1.45. The Morgan fingerprint density at radius 1 is 1.83 bits per heavy atom. The second-order valence-electron chi connectivity index (χ2n) is 2.63. The van der Waals surface area contributed by atoms with Crippen molar-refractivity contribution in [3.63, 3.8) is 0 Å². The zero-order valence-electron chi connectivity index (χ0n) is 6.80. The van der Waals surface area contributed by atoms with Gasteiger partial charge in [-0.3, -0.25) is 0 Å². The van der Waals surface area contributed by atoms with E-state index >= 15 is 0 Å². The molecule has 0 atom stereocenters. The average molecular weight is 173 g/mol. The van der Waals surface area contributed by atoms with Crippen LogP contribution in [0, 0.1) is 10.1 Å². The third-order valence-corrected chi connectivity index (χ3v) is 1.61. The minimum atomic E-state index is -0.445. The zero-order valence-corrected chi connectivity index (χ0v) is 6.80. The number of β-amino-alcohol motifs (C(OH)–C–C–N with tert-alkyl or cyclic N) is 1. The van der Waals surface area contributed by atoms with Gasteiger partial charge in [0.1, 0.15) is 6.54 Å². The van der Waals surface area contributed by atoms with Crippen LogP contribution in [0.4, 0.5) is 0 Å². The summed E-state index contributed by atoms with van der Waals surface area (Å²) in [5.41, 5.74) is 0. The summed E-state index contributed by atoms with van der Waals surface area (Å²) < 4.78 is 0. The molecule has 6 heteroatoms. The first-order valence-electron chi connectivity index (χ1n) is 3.57. The van der Waals surface area contributed by atoms with Gasteiger partial charge in [-0.25, -0.2) is 4.90 Å². The maximum absolute atomic E-state index is 10.4. The zero-order chi connectivity index (χ0) is 9.14. The van der Waals surface area contributed by atoms with Gasteiger partial charge in [0.2, 0.25) is 0 Å². The van der Waals surface area contributed by atoms with Crippen molar-refractivity contribution < 1.29 is 10.0 Å². The fourth-order valence-corrected chi connectivity index (χ4v) is 1.13. The molecule has 0 unspecified atom stereocenters. The normalized spacial score (nSPS) is 16.7. The Kier molecular flexibility index (Phi) is 2.49. The van der Waals surface area contributed by atoms with Crippen LogP contribution in [-0.4, -0.2) is 46.7 Å². The highest BCUT2D eigenvalue weighted by atomic mass is 16.6. The second-order valence-corrected chi connectivity index (χ2v) is 2.63. The van der Waals surface area contributed by atoms with E-state index in [1.54, 1.807) is 11.9 Å². The highest BCUT2D eigenvalue weighted by Gasteiger charge is 2.27. The van der Waals surface area contributed by atoms with Crippen molar-refractivity contribution >= 4 is 0 Å². The molecular formula is C6H11N3O3. The number of rotatable bonds is 3. The maximum atomic E-state index is 10.4. The lowest BCUT2D eigenvalue weighted by Gasteiger charge is -2.12. The van der Waals surface area contributed by atoms with Crippen LogP contribution >= 0.6 is 0 Å². The summed E-state index contributed by atoms with van der Waals surface area (Å²) in [5.74, 6) is 0.0477. The largest absolute Gasteiger partial charge is 0.392 e. The molecule has 0 spiro atoms. The van der Waals surface area contributed by atoms with Crippen LogP contribution in [0.3, 0.4) is 0 Å². The van der Waals surface area contributed by atoms with Crippen molar-refractivity contribution in [1.29, 1.82) is 0 Å². The smallest absolute Gasteiger partial charge is 0.335 e. The molecule has 1 aliphatic rings.